The fourth-order valence-electron chi connectivity index (χ4n) is 4.97. The molecule has 1 aliphatic carbocycles. The summed E-state index contributed by atoms with van der Waals surface area (Å²) in [6.45, 7) is 6.62. The fraction of sp³-hybridized carbons (Fsp3) is 0.593. The van der Waals surface area contributed by atoms with E-state index in [4.69, 9.17) is 36.7 Å². The highest BCUT2D eigenvalue weighted by atomic mass is 32.1. The van der Waals surface area contributed by atoms with Gasteiger partial charge in [-0.2, -0.15) is 0 Å². The Bertz CT molecular complexity index is 1200. The first-order valence-electron chi connectivity index (χ1n) is 13.3. The highest BCUT2D eigenvalue weighted by Crippen LogP contribution is 2.34. The normalized spacial score (nSPS) is 23.7. The predicted molar refractivity (Wildman–Crippen MR) is 154 cm³/mol. The summed E-state index contributed by atoms with van der Waals surface area (Å²) in [5.41, 5.74) is 20.9. The Labute approximate surface area is 228 Å². The first-order chi connectivity index (χ1) is 18.1. The number of methoxy groups -OCH3 is 1. The third-order valence-electron chi connectivity index (χ3n) is 6.89. The summed E-state index contributed by atoms with van der Waals surface area (Å²) < 4.78 is 11.9. The number of carbonyl (C=O) groups is 1. The highest BCUT2D eigenvalue weighted by Gasteiger charge is 2.29. The molecule has 38 heavy (non-hydrogen) atoms. The molecule has 1 aromatic carbocycles. The van der Waals surface area contributed by atoms with Crippen LogP contribution in [0.2, 0.25) is 0 Å². The van der Waals surface area contributed by atoms with Gasteiger partial charge in [0, 0.05) is 25.2 Å². The third-order valence-corrected chi connectivity index (χ3v) is 7.92. The van der Waals surface area contributed by atoms with Crippen LogP contribution >= 0.6 is 11.3 Å². The molecular weight excluding hydrogens is 502 g/mol. The number of thiazole rings is 1. The van der Waals surface area contributed by atoms with Crippen LogP contribution in [-0.4, -0.2) is 65.7 Å². The van der Waals surface area contributed by atoms with Crippen molar-refractivity contribution < 1.29 is 14.3 Å². The van der Waals surface area contributed by atoms with Crippen LogP contribution in [0.1, 0.15) is 64.3 Å². The SMILES string of the molecule is CO/C(N)=C(/C(N)=N[C@@H]1CCCN(C(=O)OC(C)(C)C)C1)c1nc2c(N[C@H]3CCCC[C@H]3N)cccc2s1. The number of likely N-dealkylation sites (tertiary alicyclic amines) is 1. The highest BCUT2D eigenvalue weighted by molar-refractivity contribution is 7.20. The Morgan fingerprint density at radius 1 is 1.18 bits per heavy atom. The second-order valence-corrected chi connectivity index (χ2v) is 12.1. The average molecular weight is 544 g/mol. The zero-order valence-corrected chi connectivity index (χ0v) is 23.6. The van der Waals surface area contributed by atoms with E-state index in [1.807, 2.05) is 39.0 Å². The van der Waals surface area contributed by atoms with Crippen molar-refractivity contribution in [1.29, 1.82) is 0 Å². The van der Waals surface area contributed by atoms with Gasteiger partial charge >= 0.3 is 6.09 Å². The molecule has 2 aliphatic rings. The maximum absolute atomic E-state index is 12.6. The molecule has 7 N–H and O–H groups in total. The van der Waals surface area contributed by atoms with Crippen LogP contribution in [0.4, 0.5) is 10.5 Å². The van der Waals surface area contributed by atoms with E-state index in [1.54, 1.807) is 4.90 Å². The van der Waals surface area contributed by atoms with Gasteiger partial charge in [-0.25, -0.2) is 9.78 Å². The summed E-state index contributed by atoms with van der Waals surface area (Å²) in [7, 11) is 1.50. The lowest BCUT2D eigenvalue weighted by molar-refractivity contribution is 0.0201. The Morgan fingerprint density at radius 3 is 2.66 bits per heavy atom. The quantitative estimate of drug-likeness (QED) is 0.242. The number of rotatable bonds is 6. The monoisotopic (exact) mass is 543 g/mol. The number of hydrogen-bond donors (Lipinski definition) is 4. The van der Waals surface area contributed by atoms with Crippen LogP contribution < -0.4 is 22.5 Å². The van der Waals surface area contributed by atoms with Crippen molar-refractivity contribution in [2.45, 2.75) is 83.0 Å². The lowest BCUT2D eigenvalue weighted by atomic mass is 9.91. The summed E-state index contributed by atoms with van der Waals surface area (Å²) in [5, 5.41) is 4.25. The molecule has 2 fully saturated rings. The number of amidine groups is 1. The van der Waals surface area contributed by atoms with Gasteiger partial charge in [-0.05, 0) is 58.6 Å². The second-order valence-electron chi connectivity index (χ2n) is 11.1. The van der Waals surface area contributed by atoms with Gasteiger partial charge in [0.05, 0.1) is 23.5 Å². The maximum Gasteiger partial charge on any atom is 0.410 e. The zero-order valence-electron chi connectivity index (χ0n) is 22.8. The largest absolute Gasteiger partial charge is 0.482 e. The molecule has 208 valence electrons. The van der Waals surface area contributed by atoms with Gasteiger partial charge in [-0.1, -0.05) is 18.9 Å². The number of aliphatic imine (C=N–C) groups is 1. The van der Waals surface area contributed by atoms with Crippen molar-refractivity contribution in [3.63, 3.8) is 0 Å². The standard InChI is InChI=1S/C27H41N7O3S/c1-27(2,3)37-26(35)34-14-8-9-16(15-34)31-23(29)21(24(30)36-4)25-33-22-19(12-7-13-20(22)38-25)32-18-11-6-5-10-17(18)28/h7,12-13,16-18,32H,5-6,8-11,14-15,28,30H2,1-4H3,(H2,29,31)/b24-21-/t16-,17-,18+/m1/s1. The van der Waals surface area contributed by atoms with Gasteiger partial charge in [0.15, 0.2) is 5.88 Å². The zero-order chi connectivity index (χ0) is 27.4. The molecular formula is C27H41N7O3S. The molecule has 4 rings (SSSR count). The molecule has 10 nitrogen and oxygen atoms in total. The minimum absolute atomic E-state index is 0.121. The minimum atomic E-state index is -0.558. The molecule has 0 bridgehead atoms. The van der Waals surface area contributed by atoms with Crippen molar-refractivity contribution >= 4 is 44.7 Å². The van der Waals surface area contributed by atoms with Crippen LogP contribution in [0.25, 0.3) is 15.8 Å². The number of carbonyl (C=O) groups excluding carboxylic acids is 1. The molecule has 1 saturated heterocycles. The fourth-order valence-corrected chi connectivity index (χ4v) is 6.02. The number of ether oxygens (including phenoxy) is 2. The molecule has 2 heterocycles. The number of hydrogen-bond acceptors (Lipinski definition) is 9. The Balaban J connectivity index is 1.59. The molecule has 11 heteroatoms. The van der Waals surface area contributed by atoms with E-state index >= 15 is 0 Å². The lowest BCUT2D eigenvalue weighted by Crippen LogP contribution is -2.44. The van der Waals surface area contributed by atoms with E-state index in [2.05, 4.69) is 5.32 Å². The molecule has 1 aliphatic heterocycles. The smallest absolute Gasteiger partial charge is 0.410 e. The van der Waals surface area contributed by atoms with Crippen molar-refractivity contribution in [1.82, 2.24) is 9.88 Å². The van der Waals surface area contributed by atoms with Gasteiger partial charge in [-0.15, -0.1) is 11.3 Å². The number of para-hydroxylation sites is 1. The first kappa shape index (κ1) is 28.0. The first-order valence-corrected chi connectivity index (χ1v) is 14.1. The van der Waals surface area contributed by atoms with E-state index in [0.29, 0.717) is 23.7 Å². The predicted octanol–water partition coefficient (Wildman–Crippen LogP) is 4.01. The number of nitrogens with two attached hydrogens (primary N) is 3. The lowest BCUT2D eigenvalue weighted by Gasteiger charge is -2.32. The van der Waals surface area contributed by atoms with Gasteiger partial charge in [0.25, 0.3) is 0 Å². The van der Waals surface area contributed by atoms with E-state index < -0.39 is 5.60 Å². The van der Waals surface area contributed by atoms with Crippen LogP contribution in [-0.2, 0) is 9.47 Å². The molecule has 1 amide bonds. The summed E-state index contributed by atoms with van der Waals surface area (Å²) >= 11 is 1.48. The number of piperidine rings is 1. The number of benzene rings is 1. The Morgan fingerprint density at radius 2 is 1.95 bits per heavy atom. The number of fused-ring (bicyclic) bond motifs is 1. The number of anilines is 1. The van der Waals surface area contributed by atoms with Crippen LogP contribution in [0.15, 0.2) is 29.1 Å². The molecule has 0 radical (unpaired) electrons. The number of nitrogens with one attached hydrogen (secondary N) is 1. The van der Waals surface area contributed by atoms with E-state index in [9.17, 15) is 4.79 Å². The van der Waals surface area contributed by atoms with Crippen LogP contribution in [0.3, 0.4) is 0 Å². The average Bonchev–Trinajstić information content (AvgIpc) is 3.29. The number of amides is 1. The third kappa shape index (κ3) is 6.68. The minimum Gasteiger partial charge on any atom is -0.482 e. The van der Waals surface area contributed by atoms with Gasteiger partial charge in [-0.3, -0.25) is 4.99 Å². The van der Waals surface area contributed by atoms with Crippen LogP contribution in [0, 0.1) is 0 Å². The van der Waals surface area contributed by atoms with E-state index in [-0.39, 0.29) is 35.9 Å². The summed E-state index contributed by atoms with van der Waals surface area (Å²) in [5.74, 6) is 0.386. The van der Waals surface area contributed by atoms with E-state index in [1.165, 1.54) is 31.3 Å². The summed E-state index contributed by atoms with van der Waals surface area (Å²) in [6, 6.07) is 6.21. The molecule has 0 spiro atoms. The van der Waals surface area contributed by atoms with Gasteiger partial charge in [0.2, 0.25) is 0 Å². The Hall–Kier alpha value is -3.05. The summed E-state index contributed by atoms with van der Waals surface area (Å²) in [6.07, 6.45) is 5.66. The second kappa shape index (κ2) is 11.8. The summed E-state index contributed by atoms with van der Waals surface area (Å²) in [4.78, 5) is 24.0. The topological polar surface area (TPSA) is 154 Å². The van der Waals surface area contributed by atoms with Crippen molar-refractivity contribution in [2.75, 3.05) is 25.5 Å². The Kier molecular flexibility index (Phi) is 8.67. The van der Waals surface area contributed by atoms with Gasteiger partial charge in [0.1, 0.15) is 27.5 Å². The molecule has 1 saturated carbocycles. The maximum atomic E-state index is 12.6. The number of nitrogens with zero attached hydrogens (tertiary/aromatic N) is 3. The van der Waals surface area contributed by atoms with Gasteiger partial charge < -0.3 is 36.9 Å². The number of aromatic nitrogens is 1. The van der Waals surface area contributed by atoms with Crippen molar-refractivity contribution in [3.8, 4) is 0 Å². The molecule has 2 aromatic rings. The molecule has 3 atom stereocenters. The van der Waals surface area contributed by atoms with Crippen molar-refractivity contribution in [3.05, 3.63) is 29.1 Å². The molecule has 0 unspecified atom stereocenters. The molecule has 1 aromatic heterocycles. The van der Waals surface area contributed by atoms with Crippen LogP contribution in [0.5, 0.6) is 0 Å². The van der Waals surface area contributed by atoms with E-state index in [0.717, 1.165) is 41.6 Å². The van der Waals surface area contributed by atoms with Crippen molar-refractivity contribution in [2.24, 2.45) is 22.2 Å².